The molecule has 2 fully saturated rings. The molecule has 2 saturated carbocycles. The topological polar surface area (TPSA) is 20.3 Å². The minimum atomic E-state index is -0.0947. The van der Waals surface area contributed by atoms with Crippen LogP contribution in [0.15, 0.2) is 0 Å². The van der Waals surface area contributed by atoms with Crippen molar-refractivity contribution in [1.82, 2.24) is 4.90 Å². The van der Waals surface area contributed by atoms with Crippen molar-refractivity contribution in [2.75, 3.05) is 14.1 Å². The van der Waals surface area contributed by atoms with Crippen molar-refractivity contribution in [3.63, 3.8) is 0 Å². The molecule has 0 N–H and O–H groups in total. The van der Waals surface area contributed by atoms with Crippen LogP contribution in [0.4, 0.5) is 0 Å². The summed E-state index contributed by atoms with van der Waals surface area (Å²) < 4.78 is 0. The molecule has 0 spiro atoms. The Morgan fingerprint density at radius 2 is 1.69 bits per heavy atom. The third kappa shape index (κ3) is 2.17. The van der Waals surface area contributed by atoms with Crippen molar-refractivity contribution in [1.29, 1.82) is 0 Å². The second-order valence-electron chi connectivity index (χ2n) is 5.91. The monoisotopic (exact) mass is 223 g/mol. The number of hydrogen-bond donors (Lipinski definition) is 0. The van der Waals surface area contributed by atoms with Crippen LogP contribution in [0, 0.1) is 5.92 Å². The number of likely N-dealkylation sites (N-methyl/N-ethyl adjacent to an activating group) is 1. The predicted molar refractivity (Wildman–Crippen MR) is 66.5 cm³/mol. The van der Waals surface area contributed by atoms with E-state index in [1.165, 1.54) is 38.5 Å². The van der Waals surface area contributed by atoms with Crippen LogP contribution in [0.5, 0.6) is 0 Å². The summed E-state index contributed by atoms with van der Waals surface area (Å²) in [6.45, 7) is 0. The van der Waals surface area contributed by atoms with Crippen LogP contribution in [0.25, 0.3) is 0 Å². The zero-order chi connectivity index (χ0) is 11.6. The molecule has 2 rings (SSSR count). The smallest absolute Gasteiger partial charge is 0.153 e. The van der Waals surface area contributed by atoms with Gasteiger partial charge in [0.05, 0.1) is 5.54 Å². The largest absolute Gasteiger partial charge is 0.298 e. The first-order valence-electron chi connectivity index (χ1n) is 6.86. The average Bonchev–Trinajstić information content (AvgIpc) is 2.87. The molecule has 92 valence electrons. The molecule has 2 heteroatoms. The van der Waals surface area contributed by atoms with Gasteiger partial charge in [-0.3, -0.25) is 9.69 Å². The minimum Gasteiger partial charge on any atom is -0.298 e. The van der Waals surface area contributed by atoms with Crippen molar-refractivity contribution in [3.05, 3.63) is 0 Å². The van der Waals surface area contributed by atoms with Gasteiger partial charge in [-0.25, -0.2) is 0 Å². The number of hydrogen-bond acceptors (Lipinski definition) is 2. The fourth-order valence-corrected chi connectivity index (χ4v) is 3.60. The molecule has 0 bridgehead atoms. The Morgan fingerprint density at radius 3 is 2.19 bits per heavy atom. The molecule has 0 radical (unpaired) electrons. The molecule has 16 heavy (non-hydrogen) atoms. The third-order valence-electron chi connectivity index (χ3n) is 4.75. The van der Waals surface area contributed by atoms with Gasteiger partial charge in [0.2, 0.25) is 0 Å². The maximum absolute atomic E-state index is 12.5. The van der Waals surface area contributed by atoms with E-state index in [-0.39, 0.29) is 5.54 Å². The minimum absolute atomic E-state index is 0.0947. The number of carbonyl (C=O) groups excluding carboxylic acids is 1. The van der Waals surface area contributed by atoms with Gasteiger partial charge in [0.25, 0.3) is 0 Å². The molecule has 0 atom stereocenters. The Morgan fingerprint density at radius 1 is 1.12 bits per heavy atom. The van der Waals surface area contributed by atoms with Gasteiger partial charge in [-0.15, -0.1) is 0 Å². The molecular weight excluding hydrogens is 198 g/mol. The van der Waals surface area contributed by atoms with Crippen LogP contribution >= 0.6 is 0 Å². The van der Waals surface area contributed by atoms with E-state index in [0.29, 0.717) is 11.7 Å². The normalized spacial score (nSPS) is 25.4. The van der Waals surface area contributed by atoms with E-state index in [2.05, 4.69) is 19.0 Å². The molecule has 0 heterocycles. The van der Waals surface area contributed by atoms with Gasteiger partial charge >= 0.3 is 0 Å². The maximum Gasteiger partial charge on any atom is 0.153 e. The van der Waals surface area contributed by atoms with E-state index in [0.717, 1.165) is 19.3 Å². The Kier molecular flexibility index (Phi) is 3.68. The van der Waals surface area contributed by atoms with E-state index in [1.807, 2.05) is 0 Å². The van der Waals surface area contributed by atoms with E-state index in [1.54, 1.807) is 0 Å². The zero-order valence-corrected chi connectivity index (χ0v) is 10.8. The lowest BCUT2D eigenvalue weighted by Crippen LogP contribution is -2.49. The van der Waals surface area contributed by atoms with Gasteiger partial charge in [-0.05, 0) is 32.9 Å². The summed E-state index contributed by atoms with van der Waals surface area (Å²) >= 11 is 0. The standard InChI is InChI=1S/C14H25NO/c1-15(2)14(9-5-6-10-14)13(16)11-12-7-3-4-8-12/h12H,3-11H2,1-2H3. The molecule has 0 unspecified atom stereocenters. The lowest BCUT2D eigenvalue weighted by atomic mass is 9.84. The predicted octanol–water partition coefficient (Wildman–Crippen LogP) is 3.01. The highest BCUT2D eigenvalue weighted by Crippen LogP contribution is 2.38. The maximum atomic E-state index is 12.5. The van der Waals surface area contributed by atoms with Gasteiger partial charge < -0.3 is 0 Å². The summed E-state index contributed by atoms with van der Waals surface area (Å²) in [5.74, 6) is 1.23. The lowest BCUT2D eigenvalue weighted by molar-refractivity contribution is -0.130. The molecule has 0 aromatic carbocycles. The van der Waals surface area contributed by atoms with E-state index >= 15 is 0 Å². The van der Waals surface area contributed by atoms with Crippen molar-refractivity contribution in [2.24, 2.45) is 5.92 Å². The fraction of sp³-hybridized carbons (Fsp3) is 0.929. The van der Waals surface area contributed by atoms with E-state index in [9.17, 15) is 4.79 Å². The van der Waals surface area contributed by atoms with Gasteiger partial charge in [-0.1, -0.05) is 38.5 Å². The van der Waals surface area contributed by atoms with Crippen LogP contribution in [-0.2, 0) is 4.79 Å². The highest BCUT2D eigenvalue weighted by molar-refractivity contribution is 5.88. The van der Waals surface area contributed by atoms with Gasteiger partial charge in [-0.2, -0.15) is 0 Å². The molecule has 0 aromatic rings. The summed E-state index contributed by atoms with van der Waals surface area (Å²) in [4.78, 5) is 14.7. The summed E-state index contributed by atoms with van der Waals surface area (Å²) in [5, 5.41) is 0. The molecule has 2 aliphatic carbocycles. The van der Waals surface area contributed by atoms with Crippen LogP contribution < -0.4 is 0 Å². The van der Waals surface area contributed by atoms with Crippen LogP contribution in [-0.4, -0.2) is 30.3 Å². The summed E-state index contributed by atoms with van der Waals surface area (Å²) in [5.41, 5.74) is -0.0947. The quantitative estimate of drug-likeness (QED) is 0.730. The average molecular weight is 223 g/mol. The van der Waals surface area contributed by atoms with Crippen molar-refractivity contribution < 1.29 is 4.79 Å². The highest BCUT2D eigenvalue weighted by atomic mass is 16.1. The Bertz CT molecular complexity index is 247. The Balaban J connectivity index is 1.99. The summed E-state index contributed by atoms with van der Waals surface area (Å²) in [6.07, 6.45) is 10.7. The third-order valence-corrected chi connectivity index (χ3v) is 4.75. The van der Waals surface area contributed by atoms with Crippen LogP contribution in [0.1, 0.15) is 57.8 Å². The van der Waals surface area contributed by atoms with Gasteiger partial charge in [0, 0.05) is 6.42 Å². The number of Topliss-reactive ketones (excluding diaryl/α,β-unsaturated/α-hetero) is 1. The molecule has 0 amide bonds. The number of rotatable bonds is 4. The first-order valence-corrected chi connectivity index (χ1v) is 6.86. The number of carbonyl (C=O) groups is 1. The van der Waals surface area contributed by atoms with E-state index < -0.39 is 0 Å². The summed E-state index contributed by atoms with van der Waals surface area (Å²) in [7, 11) is 4.16. The summed E-state index contributed by atoms with van der Waals surface area (Å²) in [6, 6.07) is 0. The van der Waals surface area contributed by atoms with Crippen molar-refractivity contribution in [3.8, 4) is 0 Å². The SMILES string of the molecule is CN(C)C1(C(=O)CC2CCCC2)CCCC1. The first kappa shape index (κ1) is 12.1. The molecule has 0 aromatic heterocycles. The fourth-order valence-electron chi connectivity index (χ4n) is 3.60. The molecule has 2 aliphatic rings. The second-order valence-corrected chi connectivity index (χ2v) is 5.91. The number of nitrogens with zero attached hydrogens (tertiary/aromatic N) is 1. The Hall–Kier alpha value is -0.370. The first-order chi connectivity index (χ1) is 7.65. The van der Waals surface area contributed by atoms with Crippen molar-refractivity contribution in [2.45, 2.75) is 63.3 Å². The molecular formula is C14H25NO. The number of ketones is 1. The highest BCUT2D eigenvalue weighted by Gasteiger charge is 2.43. The molecule has 0 aliphatic heterocycles. The molecule has 0 saturated heterocycles. The molecule has 2 nitrogen and oxygen atoms in total. The van der Waals surface area contributed by atoms with Gasteiger partial charge in [0.1, 0.15) is 0 Å². The second kappa shape index (κ2) is 4.87. The van der Waals surface area contributed by atoms with E-state index in [4.69, 9.17) is 0 Å². The van der Waals surface area contributed by atoms with Crippen molar-refractivity contribution >= 4 is 5.78 Å². The zero-order valence-electron chi connectivity index (χ0n) is 10.8. The van der Waals surface area contributed by atoms with Gasteiger partial charge in [0.15, 0.2) is 5.78 Å². The van der Waals surface area contributed by atoms with Crippen LogP contribution in [0.3, 0.4) is 0 Å². The van der Waals surface area contributed by atoms with Crippen LogP contribution in [0.2, 0.25) is 0 Å². The Labute approximate surface area is 99.4 Å². The lowest BCUT2D eigenvalue weighted by Gasteiger charge is -2.35.